The van der Waals surface area contributed by atoms with Crippen LogP contribution in [0.4, 0.5) is 0 Å². The first kappa shape index (κ1) is 20.1. The Bertz CT molecular complexity index is 1080. The van der Waals surface area contributed by atoms with Crippen molar-refractivity contribution >= 4 is 17.5 Å². The van der Waals surface area contributed by atoms with Crippen LogP contribution >= 0.6 is 11.6 Å². The van der Waals surface area contributed by atoms with E-state index < -0.39 is 0 Å². The van der Waals surface area contributed by atoms with Gasteiger partial charge >= 0.3 is 0 Å². The lowest BCUT2D eigenvalue weighted by atomic mass is 10.1. The quantitative estimate of drug-likeness (QED) is 0.612. The van der Waals surface area contributed by atoms with Crippen LogP contribution in [0.2, 0.25) is 5.02 Å². The SMILES string of the molecule is O=C(c1n[nH]c2c1CCC2)N1CCO[C@@H](c2cc(CCOc3ccccc3Cl)[nH]n2)C1. The molecule has 9 heteroatoms. The Labute approximate surface area is 184 Å². The highest BCUT2D eigenvalue weighted by molar-refractivity contribution is 6.32. The number of aromatic amines is 2. The number of halogens is 1. The summed E-state index contributed by atoms with van der Waals surface area (Å²) in [5, 5.41) is 15.3. The van der Waals surface area contributed by atoms with Gasteiger partial charge in [0, 0.05) is 29.9 Å². The summed E-state index contributed by atoms with van der Waals surface area (Å²) < 4.78 is 11.7. The number of amides is 1. The normalized spacial score (nSPS) is 18.2. The van der Waals surface area contributed by atoms with Gasteiger partial charge in [0.25, 0.3) is 5.91 Å². The van der Waals surface area contributed by atoms with Crippen molar-refractivity contribution in [1.29, 1.82) is 0 Å². The molecule has 3 heterocycles. The zero-order valence-corrected chi connectivity index (χ0v) is 17.8. The van der Waals surface area contributed by atoms with Gasteiger partial charge in [-0.1, -0.05) is 23.7 Å². The van der Waals surface area contributed by atoms with Crippen molar-refractivity contribution in [2.75, 3.05) is 26.3 Å². The molecule has 8 nitrogen and oxygen atoms in total. The van der Waals surface area contributed by atoms with Crippen molar-refractivity contribution in [2.24, 2.45) is 0 Å². The van der Waals surface area contributed by atoms with Gasteiger partial charge in [0.2, 0.25) is 0 Å². The molecular formula is C22H24ClN5O3. The maximum atomic E-state index is 13.0. The zero-order valence-electron chi connectivity index (χ0n) is 17.1. The first-order valence-corrected chi connectivity index (χ1v) is 11.0. The van der Waals surface area contributed by atoms with E-state index in [2.05, 4.69) is 20.4 Å². The first-order valence-electron chi connectivity index (χ1n) is 10.6. The van der Waals surface area contributed by atoms with Gasteiger partial charge in [-0.3, -0.25) is 15.0 Å². The maximum Gasteiger partial charge on any atom is 0.274 e. The van der Waals surface area contributed by atoms with Crippen molar-refractivity contribution in [3.63, 3.8) is 0 Å². The molecule has 2 aliphatic rings. The van der Waals surface area contributed by atoms with E-state index in [4.69, 9.17) is 21.1 Å². The minimum absolute atomic E-state index is 0.0309. The Morgan fingerprint density at radius 2 is 2.16 bits per heavy atom. The second kappa shape index (κ2) is 8.72. The Hall–Kier alpha value is -2.84. The molecule has 0 spiro atoms. The molecule has 162 valence electrons. The highest BCUT2D eigenvalue weighted by Gasteiger charge is 2.31. The Morgan fingerprint density at radius 1 is 1.26 bits per heavy atom. The molecule has 1 fully saturated rings. The number of rotatable bonds is 6. The predicted molar refractivity (Wildman–Crippen MR) is 114 cm³/mol. The van der Waals surface area contributed by atoms with Gasteiger partial charge in [0.15, 0.2) is 5.69 Å². The minimum Gasteiger partial charge on any atom is -0.492 e. The van der Waals surface area contributed by atoms with Crippen molar-refractivity contribution in [3.8, 4) is 5.75 Å². The molecule has 3 aromatic rings. The third-order valence-electron chi connectivity index (χ3n) is 5.81. The Morgan fingerprint density at radius 3 is 3.06 bits per heavy atom. The van der Waals surface area contributed by atoms with Crippen LogP contribution in [0.5, 0.6) is 5.75 Å². The molecule has 1 aromatic carbocycles. The van der Waals surface area contributed by atoms with Crippen molar-refractivity contribution in [1.82, 2.24) is 25.3 Å². The molecule has 2 aromatic heterocycles. The monoisotopic (exact) mass is 441 g/mol. The summed E-state index contributed by atoms with van der Waals surface area (Å²) >= 11 is 6.12. The fourth-order valence-corrected chi connectivity index (χ4v) is 4.35. The Balaban J connectivity index is 1.19. The van der Waals surface area contributed by atoms with Crippen LogP contribution in [0.1, 0.15) is 45.7 Å². The molecule has 1 aliphatic carbocycles. The van der Waals surface area contributed by atoms with Gasteiger partial charge in [-0.2, -0.15) is 10.2 Å². The molecule has 31 heavy (non-hydrogen) atoms. The van der Waals surface area contributed by atoms with E-state index in [0.717, 1.165) is 41.9 Å². The molecule has 5 rings (SSSR count). The smallest absolute Gasteiger partial charge is 0.274 e. The second-order valence-electron chi connectivity index (χ2n) is 7.84. The van der Waals surface area contributed by atoms with Gasteiger partial charge in [0.05, 0.1) is 30.5 Å². The summed E-state index contributed by atoms with van der Waals surface area (Å²) in [5.41, 5.74) is 4.47. The molecule has 1 amide bonds. The number of carbonyl (C=O) groups excluding carboxylic acids is 1. The van der Waals surface area contributed by atoms with E-state index in [-0.39, 0.29) is 12.0 Å². The van der Waals surface area contributed by atoms with E-state index in [0.29, 0.717) is 49.2 Å². The molecule has 0 saturated carbocycles. The fourth-order valence-electron chi connectivity index (χ4n) is 4.16. The third-order valence-corrected chi connectivity index (χ3v) is 6.12. The lowest BCUT2D eigenvalue weighted by Crippen LogP contribution is -2.42. The largest absolute Gasteiger partial charge is 0.492 e. The summed E-state index contributed by atoms with van der Waals surface area (Å²) in [7, 11) is 0. The van der Waals surface area contributed by atoms with Gasteiger partial charge in [-0.05, 0) is 37.5 Å². The molecule has 0 bridgehead atoms. The van der Waals surface area contributed by atoms with Gasteiger partial charge in [0.1, 0.15) is 11.9 Å². The number of benzene rings is 1. The average Bonchev–Trinajstić information content (AvgIpc) is 3.52. The molecule has 1 saturated heterocycles. The van der Waals surface area contributed by atoms with Crippen LogP contribution < -0.4 is 4.74 Å². The van der Waals surface area contributed by atoms with E-state index in [1.165, 1.54) is 0 Å². The molecule has 0 unspecified atom stereocenters. The summed E-state index contributed by atoms with van der Waals surface area (Å²) in [6, 6.07) is 9.38. The van der Waals surface area contributed by atoms with Crippen LogP contribution in [-0.4, -0.2) is 57.5 Å². The lowest BCUT2D eigenvalue weighted by Gasteiger charge is -2.31. The molecule has 2 N–H and O–H groups in total. The third kappa shape index (κ3) is 4.18. The number of para-hydroxylation sites is 1. The highest BCUT2D eigenvalue weighted by atomic mass is 35.5. The number of fused-ring (bicyclic) bond motifs is 1. The van der Waals surface area contributed by atoms with Gasteiger partial charge in [-0.25, -0.2) is 0 Å². The number of hydrogen-bond donors (Lipinski definition) is 2. The van der Waals surface area contributed by atoms with Crippen LogP contribution in [-0.2, 0) is 24.0 Å². The lowest BCUT2D eigenvalue weighted by molar-refractivity contribution is -0.0249. The molecule has 0 radical (unpaired) electrons. The fraction of sp³-hybridized carbons (Fsp3) is 0.409. The number of aromatic nitrogens is 4. The number of morpholine rings is 1. The standard InChI is InChI=1S/C22H24ClN5O3/c23-16-5-1-2-7-19(16)30-10-8-14-12-18(26-24-14)20-13-28(9-11-31-20)22(29)21-15-4-3-6-17(15)25-27-21/h1-2,5,7,12,20H,3-4,6,8-11,13H2,(H,24,26)(H,25,27)/t20-/m1/s1. The zero-order chi connectivity index (χ0) is 21.2. The van der Waals surface area contributed by atoms with E-state index >= 15 is 0 Å². The summed E-state index contributed by atoms with van der Waals surface area (Å²) in [4.78, 5) is 14.9. The van der Waals surface area contributed by atoms with Crippen LogP contribution in [0.25, 0.3) is 0 Å². The van der Waals surface area contributed by atoms with E-state index in [1.54, 1.807) is 6.07 Å². The average molecular weight is 442 g/mol. The number of nitrogens with one attached hydrogen (secondary N) is 2. The van der Waals surface area contributed by atoms with Crippen molar-refractivity contribution in [3.05, 3.63) is 63.7 Å². The second-order valence-corrected chi connectivity index (χ2v) is 8.25. The highest BCUT2D eigenvalue weighted by Crippen LogP contribution is 2.27. The Kier molecular flexibility index (Phi) is 5.65. The number of hydrogen-bond acceptors (Lipinski definition) is 5. The summed E-state index contributed by atoms with van der Waals surface area (Å²) in [5.74, 6) is 0.634. The number of aryl methyl sites for hydroxylation is 1. The predicted octanol–water partition coefficient (Wildman–Crippen LogP) is 3.11. The first-order chi connectivity index (χ1) is 15.2. The van der Waals surface area contributed by atoms with Crippen LogP contribution in [0.15, 0.2) is 30.3 Å². The van der Waals surface area contributed by atoms with E-state index in [1.807, 2.05) is 29.2 Å². The molecule has 1 atom stereocenters. The van der Waals surface area contributed by atoms with Crippen LogP contribution in [0.3, 0.4) is 0 Å². The van der Waals surface area contributed by atoms with Crippen molar-refractivity contribution < 1.29 is 14.3 Å². The minimum atomic E-state index is -0.265. The van der Waals surface area contributed by atoms with Gasteiger partial charge in [-0.15, -0.1) is 0 Å². The van der Waals surface area contributed by atoms with Crippen molar-refractivity contribution in [2.45, 2.75) is 31.8 Å². The summed E-state index contributed by atoms with van der Waals surface area (Å²) in [6.45, 7) is 1.97. The summed E-state index contributed by atoms with van der Waals surface area (Å²) in [6.07, 6.45) is 3.36. The number of carbonyl (C=O) groups is 1. The van der Waals surface area contributed by atoms with Gasteiger partial charge < -0.3 is 14.4 Å². The van der Waals surface area contributed by atoms with E-state index in [9.17, 15) is 4.79 Å². The van der Waals surface area contributed by atoms with Crippen LogP contribution in [0, 0.1) is 0 Å². The molecule has 1 aliphatic heterocycles. The number of H-pyrrole nitrogens is 2. The number of nitrogens with zero attached hydrogens (tertiary/aromatic N) is 3. The molecular weight excluding hydrogens is 418 g/mol. The number of ether oxygens (including phenoxy) is 2. The topological polar surface area (TPSA) is 96.1 Å². The maximum absolute atomic E-state index is 13.0.